The molecule has 0 aromatic heterocycles. The van der Waals surface area contributed by atoms with Gasteiger partial charge in [-0.3, -0.25) is 4.79 Å². The highest BCUT2D eigenvalue weighted by atomic mass is 32.2. The molecule has 0 unspecified atom stereocenters. The normalized spacial score (nSPS) is 15.4. The van der Waals surface area contributed by atoms with Gasteiger partial charge < -0.3 is 10.5 Å². The average Bonchev–Trinajstić information content (AvgIpc) is 3.19. The van der Waals surface area contributed by atoms with E-state index in [1.54, 1.807) is 12.1 Å². The van der Waals surface area contributed by atoms with Gasteiger partial charge in [0, 0.05) is 7.11 Å². The molecule has 0 bridgehead atoms. The van der Waals surface area contributed by atoms with Gasteiger partial charge in [0.1, 0.15) is 0 Å². The maximum Gasteiger partial charge on any atom is 0.250 e. The smallest absolute Gasteiger partial charge is 0.250 e. The molecular weight excluding hydrogens is 266 g/mol. The van der Waals surface area contributed by atoms with Crippen molar-refractivity contribution in [1.82, 2.24) is 0 Å². The maximum atomic E-state index is 12.4. The van der Waals surface area contributed by atoms with E-state index in [4.69, 9.17) is 10.5 Å². The lowest BCUT2D eigenvalue weighted by Gasteiger charge is -2.13. The number of hydrogen-bond donors (Lipinski definition) is 1. The first-order valence-corrected chi connectivity index (χ1v) is 7.77. The Hall–Kier alpha value is -1.40. The molecule has 1 saturated carbocycles. The van der Waals surface area contributed by atoms with E-state index in [0.717, 1.165) is 12.8 Å². The Morgan fingerprint density at radius 3 is 2.63 bits per heavy atom. The van der Waals surface area contributed by atoms with Gasteiger partial charge in [0.2, 0.25) is 5.91 Å². The van der Waals surface area contributed by atoms with Crippen LogP contribution in [0.1, 0.15) is 34.7 Å². The van der Waals surface area contributed by atoms with E-state index < -0.39 is 15.7 Å². The van der Waals surface area contributed by atoms with Crippen LogP contribution in [0.15, 0.2) is 23.1 Å². The maximum absolute atomic E-state index is 12.4. The monoisotopic (exact) mass is 283 g/mol. The lowest BCUT2D eigenvalue weighted by Crippen LogP contribution is -2.21. The Bertz CT molecular complexity index is 591. The molecule has 2 rings (SSSR count). The molecule has 0 atom stereocenters. The third-order valence-corrected chi connectivity index (χ3v) is 4.98. The molecule has 5 nitrogen and oxygen atoms in total. The van der Waals surface area contributed by atoms with E-state index in [1.807, 2.05) is 0 Å². The third-order valence-electron chi connectivity index (χ3n) is 3.20. The highest BCUT2D eigenvalue weighted by Crippen LogP contribution is 2.43. The van der Waals surface area contributed by atoms with Gasteiger partial charge in [0.15, 0.2) is 9.84 Å². The molecule has 1 amide bonds. The van der Waals surface area contributed by atoms with E-state index >= 15 is 0 Å². The number of nitrogens with two attached hydrogens (primary N) is 1. The first-order chi connectivity index (χ1) is 8.97. The Kier molecular flexibility index (Phi) is 3.91. The molecule has 1 fully saturated rings. The number of hydrogen-bond acceptors (Lipinski definition) is 4. The SMILES string of the molecule is COCCS(=O)(=O)c1c(C(N)=O)cccc1C1CC1. The molecule has 19 heavy (non-hydrogen) atoms. The predicted octanol–water partition coefficient (Wildman–Crippen LogP) is 1.08. The number of carbonyl (C=O) groups excluding carboxylic acids is 1. The van der Waals surface area contributed by atoms with Gasteiger partial charge in [0.25, 0.3) is 0 Å². The molecule has 0 spiro atoms. The number of rotatable bonds is 6. The third kappa shape index (κ3) is 2.96. The van der Waals surface area contributed by atoms with Crippen molar-refractivity contribution in [2.75, 3.05) is 19.5 Å². The van der Waals surface area contributed by atoms with Crippen LogP contribution < -0.4 is 5.73 Å². The predicted molar refractivity (Wildman–Crippen MR) is 70.9 cm³/mol. The highest BCUT2D eigenvalue weighted by molar-refractivity contribution is 7.91. The van der Waals surface area contributed by atoms with Crippen molar-refractivity contribution in [3.8, 4) is 0 Å². The average molecular weight is 283 g/mol. The Morgan fingerprint density at radius 1 is 1.42 bits per heavy atom. The standard InChI is InChI=1S/C13H17NO4S/c1-18-7-8-19(16,17)12-10(9-5-6-9)3-2-4-11(12)13(14)15/h2-4,9H,5-8H2,1H3,(H2,14,15). The molecule has 1 aliphatic rings. The first kappa shape index (κ1) is 14.0. The molecule has 0 saturated heterocycles. The van der Waals surface area contributed by atoms with Crippen LogP contribution in [0.5, 0.6) is 0 Å². The van der Waals surface area contributed by atoms with E-state index in [0.29, 0.717) is 5.56 Å². The molecule has 0 radical (unpaired) electrons. The zero-order chi connectivity index (χ0) is 14.0. The largest absolute Gasteiger partial charge is 0.384 e. The van der Waals surface area contributed by atoms with Crippen molar-refractivity contribution in [3.05, 3.63) is 29.3 Å². The summed E-state index contributed by atoms with van der Waals surface area (Å²) in [5.41, 5.74) is 6.09. The van der Waals surface area contributed by atoms with Crippen molar-refractivity contribution in [1.29, 1.82) is 0 Å². The summed E-state index contributed by atoms with van der Waals surface area (Å²) in [5, 5.41) is 0. The molecule has 1 aliphatic carbocycles. The topological polar surface area (TPSA) is 86.5 Å². The van der Waals surface area contributed by atoms with E-state index in [1.165, 1.54) is 13.2 Å². The molecule has 0 aliphatic heterocycles. The van der Waals surface area contributed by atoms with Crippen LogP contribution in [0, 0.1) is 0 Å². The fourth-order valence-electron chi connectivity index (χ4n) is 2.11. The first-order valence-electron chi connectivity index (χ1n) is 6.12. The van der Waals surface area contributed by atoms with Crippen molar-refractivity contribution in [2.24, 2.45) is 5.73 Å². The summed E-state index contributed by atoms with van der Waals surface area (Å²) >= 11 is 0. The van der Waals surface area contributed by atoms with Crippen LogP contribution >= 0.6 is 0 Å². The lowest BCUT2D eigenvalue weighted by atomic mass is 10.1. The Labute approximate surface area is 112 Å². The van der Waals surface area contributed by atoms with Gasteiger partial charge in [0.05, 0.1) is 22.8 Å². The highest BCUT2D eigenvalue weighted by Gasteiger charge is 2.33. The van der Waals surface area contributed by atoms with Crippen LogP contribution in [0.2, 0.25) is 0 Å². The van der Waals surface area contributed by atoms with Gasteiger partial charge in [-0.05, 0) is 30.4 Å². The van der Waals surface area contributed by atoms with Crippen LogP contribution in [-0.2, 0) is 14.6 Å². The van der Waals surface area contributed by atoms with Crippen molar-refractivity contribution in [2.45, 2.75) is 23.7 Å². The van der Waals surface area contributed by atoms with Gasteiger partial charge in [-0.25, -0.2) is 8.42 Å². The minimum absolute atomic E-state index is 0.0838. The minimum Gasteiger partial charge on any atom is -0.384 e. The number of carbonyl (C=O) groups is 1. The quantitative estimate of drug-likeness (QED) is 0.846. The summed E-state index contributed by atoms with van der Waals surface area (Å²) in [6.07, 6.45) is 1.91. The molecule has 0 heterocycles. The minimum atomic E-state index is -3.56. The number of methoxy groups -OCH3 is 1. The van der Waals surface area contributed by atoms with Crippen LogP contribution in [0.25, 0.3) is 0 Å². The summed E-state index contributed by atoms with van der Waals surface area (Å²) in [6.45, 7) is 0.0968. The van der Waals surface area contributed by atoms with Crippen LogP contribution in [0.4, 0.5) is 0 Å². The van der Waals surface area contributed by atoms with E-state index in [-0.39, 0.29) is 28.7 Å². The molecule has 2 N–H and O–H groups in total. The summed E-state index contributed by atoms with van der Waals surface area (Å²) in [4.78, 5) is 11.6. The zero-order valence-corrected chi connectivity index (χ0v) is 11.6. The van der Waals surface area contributed by atoms with Crippen molar-refractivity contribution >= 4 is 15.7 Å². The Balaban J connectivity index is 2.55. The second kappa shape index (κ2) is 5.30. The van der Waals surface area contributed by atoms with Crippen LogP contribution in [0.3, 0.4) is 0 Å². The van der Waals surface area contributed by atoms with E-state index in [9.17, 15) is 13.2 Å². The van der Waals surface area contributed by atoms with Gasteiger partial charge >= 0.3 is 0 Å². The Morgan fingerprint density at radius 2 is 2.11 bits per heavy atom. The number of primary amides is 1. The lowest BCUT2D eigenvalue weighted by molar-refractivity contribution is 0.0997. The summed E-state index contributed by atoms with van der Waals surface area (Å²) in [6, 6.07) is 4.92. The molecule has 104 valence electrons. The summed E-state index contributed by atoms with van der Waals surface area (Å²) in [7, 11) is -2.12. The van der Waals surface area contributed by atoms with Gasteiger partial charge in [-0.15, -0.1) is 0 Å². The number of ether oxygens (including phenoxy) is 1. The fraction of sp³-hybridized carbons (Fsp3) is 0.462. The van der Waals surface area contributed by atoms with Gasteiger partial charge in [-0.2, -0.15) is 0 Å². The fourth-order valence-corrected chi connectivity index (χ4v) is 3.79. The molecule has 1 aromatic rings. The summed E-state index contributed by atoms with van der Waals surface area (Å²) < 4.78 is 29.6. The summed E-state index contributed by atoms with van der Waals surface area (Å²) in [5.74, 6) is -0.627. The molecular formula is C13H17NO4S. The number of amides is 1. The number of benzene rings is 1. The van der Waals surface area contributed by atoms with Crippen LogP contribution in [-0.4, -0.2) is 33.8 Å². The molecule has 1 aromatic carbocycles. The van der Waals surface area contributed by atoms with E-state index in [2.05, 4.69) is 0 Å². The second-order valence-corrected chi connectivity index (χ2v) is 6.72. The second-order valence-electron chi connectivity index (χ2n) is 4.67. The molecule has 6 heteroatoms. The van der Waals surface area contributed by atoms with Gasteiger partial charge in [-0.1, -0.05) is 12.1 Å². The van der Waals surface area contributed by atoms with Crippen molar-refractivity contribution < 1.29 is 17.9 Å². The van der Waals surface area contributed by atoms with Crippen molar-refractivity contribution in [3.63, 3.8) is 0 Å². The zero-order valence-electron chi connectivity index (χ0n) is 10.8. The number of sulfone groups is 1.